The van der Waals surface area contributed by atoms with E-state index in [4.69, 9.17) is 14.2 Å². The summed E-state index contributed by atoms with van der Waals surface area (Å²) in [6.07, 6.45) is -0.898. The first kappa shape index (κ1) is 30.3. The summed E-state index contributed by atoms with van der Waals surface area (Å²) in [6, 6.07) is 16.4. The fourth-order valence-electron chi connectivity index (χ4n) is 3.29. The van der Waals surface area contributed by atoms with Crippen LogP contribution >= 0.6 is 0 Å². The van der Waals surface area contributed by atoms with Crippen LogP contribution in [0.1, 0.15) is 44.7 Å². The van der Waals surface area contributed by atoms with E-state index < -0.39 is 41.6 Å². The highest BCUT2D eigenvalue weighted by atomic mass is 16.6. The van der Waals surface area contributed by atoms with Gasteiger partial charge >= 0.3 is 12.1 Å². The molecule has 3 N–H and O–H groups in total. The quantitative estimate of drug-likeness (QED) is 0.341. The van der Waals surface area contributed by atoms with Crippen molar-refractivity contribution in [3.05, 3.63) is 71.8 Å². The van der Waals surface area contributed by atoms with Crippen molar-refractivity contribution in [2.75, 3.05) is 13.7 Å². The molecule has 0 fully saturated rings. The number of hydrogen-bond donors (Lipinski definition) is 3. The zero-order valence-corrected chi connectivity index (χ0v) is 22.3. The Labute approximate surface area is 223 Å². The van der Waals surface area contributed by atoms with Gasteiger partial charge in [0.15, 0.2) is 0 Å². The normalized spacial score (nSPS) is 12.5. The first-order valence-electron chi connectivity index (χ1n) is 12.4. The minimum atomic E-state index is -1.15. The molecule has 0 saturated heterocycles. The topological polar surface area (TPSA) is 132 Å². The fourth-order valence-corrected chi connectivity index (χ4v) is 3.29. The second-order valence-electron chi connectivity index (χ2n) is 9.56. The van der Waals surface area contributed by atoms with Gasteiger partial charge < -0.3 is 30.2 Å². The number of hydrogen-bond acceptors (Lipinski definition) is 7. The lowest BCUT2D eigenvalue weighted by Gasteiger charge is -2.25. The fraction of sp³-hybridized carbons (Fsp3) is 0.429. The molecule has 2 aromatic carbocycles. The molecule has 10 nitrogen and oxygen atoms in total. The van der Waals surface area contributed by atoms with E-state index >= 15 is 0 Å². The molecule has 3 amide bonds. The minimum Gasteiger partial charge on any atom is -0.461 e. The number of amides is 3. The smallest absolute Gasteiger partial charge is 0.408 e. The average molecular weight is 528 g/mol. The van der Waals surface area contributed by atoms with E-state index in [-0.39, 0.29) is 32.7 Å². The third-order valence-electron chi connectivity index (χ3n) is 5.16. The number of ether oxygens (including phenoxy) is 3. The number of likely N-dealkylation sites (N-methyl/N-ethyl adjacent to an activating group) is 1. The Morgan fingerprint density at radius 2 is 1.37 bits per heavy atom. The van der Waals surface area contributed by atoms with E-state index in [1.165, 1.54) is 7.05 Å². The summed E-state index contributed by atoms with van der Waals surface area (Å²) in [5, 5.41) is 7.59. The summed E-state index contributed by atoms with van der Waals surface area (Å²) >= 11 is 0. The number of carbonyl (C=O) groups is 4. The van der Waals surface area contributed by atoms with Crippen molar-refractivity contribution in [1.82, 2.24) is 16.0 Å². The molecule has 2 atom stereocenters. The number of nitrogens with one attached hydrogen (secondary N) is 3. The summed E-state index contributed by atoms with van der Waals surface area (Å²) in [7, 11) is 1.43. The van der Waals surface area contributed by atoms with Gasteiger partial charge in [0, 0.05) is 13.5 Å². The number of benzene rings is 2. The van der Waals surface area contributed by atoms with Crippen LogP contribution in [0.25, 0.3) is 0 Å². The van der Waals surface area contributed by atoms with Crippen molar-refractivity contribution in [3.8, 4) is 0 Å². The molecule has 0 radical (unpaired) electrons. The highest BCUT2D eigenvalue weighted by Gasteiger charge is 2.29. The van der Waals surface area contributed by atoms with Gasteiger partial charge in [0.2, 0.25) is 11.8 Å². The molecule has 0 aliphatic rings. The molecule has 10 heteroatoms. The SMILES string of the molecule is CNC(=O)[C@H](CCC(=O)OCc1ccccc1)NC(=O)[C@@H](COCc1ccccc1)NC(=O)OC(C)(C)C. The first-order valence-corrected chi connectivity index (χ1v) is 12.4. The van der Waals surface area contributed by atoms with Crippen LogP contribution in [-0.2, 0) is 41.8 Å². The monoisotopic (exact) mass is 527 g/mol. The Kier molecular flexibility index (Phi) is 12.2. The summed E-state index contributed by atoms with van der Waals surface area (Å²) in [5.41, 5.74) is 0.950. The zero-order valence-electron chi connectivity index (χ0n) is 22.3. The number of carbonyl (C=O) groups excluding carboxylic acids is 4. The molecular weight excluding hydrogens is 490 g/mol. The lowest BCUT2D eigenvalue weighted by atomic mass is 10.1. The Bertz CT molecular complexity index is 1040. The predicted octanol–water partition coefficient (Wildman–Crippen LogP) is 2.85. The van der Waals surface area contributed by atoms with E-state index in [1.807, 2.05) is 60.7 Å². The Morgan fingerprint density at radius 1 is 0.789 bits per heavy atom. The van der Waals surface area contributed by atoms with Crippen LogP contribution in [0.5, 0.6) is 0 Å². The molecule has 2 rings (SSSR count). The average Bonchev–Trinajstić information content (AvgIpc) is 2.88. The summed E-state index contributed by atoms with van der Waals surface area (Å²) in [6.45, 7) is 5.26. The van der Waals surface area contributed by atoms with Gasteiger partial charge in [-0.2, -0.15) is 0 Å². The second kappa shape index (κ2) is 15.4. The van der Waals surface area contributed by atoms with Gasteiger partial charge in [-0.1, -0.05) is 60.7 Å². The molecule has 0 unspecified atom stereocenters. The summed E-state index contributed by atoms with van der Waals surface area (Å²) in [5.74, 6) is -1.66. The van der Waals surface area contributed by atoms with Gasteiger partial charge in [-0.3, -0.25) is 14.4 Å². The van der Waals surface area contributed by atoms with Crippen molar-refractivity contribution in [2.45, 2.75) is 64.5 Å². The van der Waals surface area contributed by atoms with Gasteiger partial charge in [0.05, 0.1) is 13.2 Å². The number of rotatable bonds is 13. The van der Waals surface area contributed by atoms with E-state index in [0.29, 0.717) is 0 Å². The maximum atomic E-state index is 13.1. The molecule has 0 aromatic heterocycles. The molecule has 0 heterocycles. The largest absolute Gasteiger partial charge is 0.461 e. The van der Waals surface area contributed by atoms with Crippen molar-refractivity contribution < 1.29 is 33.4 Å². The predicted molar refractivity (Wildman–Crippen MR) is 141 cm³/mol. The third kappa shape index (κ3) is 11.9. The molecule has 0 bridgehead atoms. The molecule has 0 aliphatic heterocycles. The molecule has 38 heavy (non-hydrogen) atoms. The Balaban J connectivity index is 1.99. The van der Waals surface area contributed by atoms with Crippen LogP contribution in [0, 0.1) is 0 Å². The molecule has 2 aromatic rings. The third-order valence-corrected chi connectivity index (χ3v) is 5.16. The van der Waals surface area contributed by atoms with E-state index in [0.717, 1.165) is 11.1 Å². The van der Waals surface area contributed by atoms with E-state index in [1.54, 1.807) is 20.8 Å². The highest BCUT2D eigenvalue weighted by Crippen LogP contribution is 2.09. The zero-order chi connectivity index (χ0) is 28.0. The molecule has 0 saturated carbocycles. The maximum Gasteiger partial charge on any atom is 0.408 e. The summed E-state index contributed by atoms with van der Waals surface area (Å²) in [4.78, 5) is 50.2. The van der Waals surface area contributed by atoms with Gasteiger partial charge in [0.25, 0.3) is 0 Å². The van der Waals surface area contributed by atoms with Crippen molar-refractivity contribution in [3.63, 3.8) is 0 Å². The number of esters is 1. The van der Waals surface area contributed by atoms with Gasteiger partial charge in [-0.15, -0.1) is 0 Å². The van der Waals surface area contributed by atoms with Gasteiger partial charge in [-0.05, 0) is 38.3 Å². The molecule has 206 valence electrons. The van der Waals surface area contributed by atoms with Crippen LogP contribution in [-0.4, -0.2) is 55.2 Å². The lowest BCUT2D eigenvalue weighted by Crippen LogP contribution is -2.55. The van der Waals surface area contributed by atoms with E-state index in [9.17, 15) is 19.2 Å². The lowest BCUT2D eigenvalue weighted by molar-refractivity contribution is -0.145. The van der Waals surface area contributed by atoms with Crippen molar-refractivity contribution in [1.29, 1.82) is 0 Å². The molecule has 0 aliphatic carbocycles. The van der Waals surface area contributed by atoms with Crippen LogP contribution in [0.2, 0.25) is 0 Å². The van der Waals surface area contributed by atoms with Gasteiger partial charge in [0.1, 0.15) is 24.3 Å². The van der Waals surface area contributed by atoms with Crippen LogP contribution < -0.4 is 16.0 Å². The van der Waals surface area contributed by atoms with Crippen LogP contribution in [0.3, 0.4) is 0 Å². The number of alkyl carbamates (subject to hydrolysis) is 1. The molecule has 0 spiro atoms. The van der Waals surface area contributed by atoms with Gasteiger partial charge in [-0.25, -0.2) is 4.79 Å². The van der Waals surface area contributed by atoms with Crippen LogP contribution in [0.15, 0.2) is 60.7 Å². The second-order valence-corrected chi connectivity index (χ2v) is 9.56. The van der Waals surface area contributed by atoms with Crippen LogP contribution in [0.4, 0.5) is 4.79 Å². The summed E-state index contributed by atoms with van der Waals surface area (Å²) < 4.78 is 16.2. The van der Waals surface area contributed by atoms with E-state index in [2.05, 4.69) is 16.0 Å². The van der Waals surface area contributed by atoms with Crippen molar-refractivity contribution >= 4 is 23.9 Å². The Morgan fingerprint density at radius 3 is 1.92 bits per heavy atom. The standard InChI is InChI=1S/C28H37N3O7/c1-28(2,3)38-27(35)31-23(19-36-17-20-11-7-5-8-12-20)26(34)30-22(25(33)29-4)15-16-24(32)37-18-21-13-9-6-10-14-21/h5-14,22-23H,15-19H2,1-4H3,(H,29,33)(H,30,34)(H,31,35)/t22-,23+/m0/s1. The van der Waals surface area contributed by atoms with Crippen molar-refractivity contribution in [2.24, 2.45) is 0 Å². The molecular formula is C28H37N3O7. The minimum absolute atomic E-state index is 0.00304. The first-order chi connectivity index (χ1) is 18.1. The Hall–Kier alpha value is -3.92. The highest BCUT2D eigenvalue weighted by molar-refractivity contribution is 5.91. The maximum absolute atomic E-state index is 13.1.